The van der Waals surface area contributed by atoms with Gasteiger partial charge in [0.05, 0.1) is 0 Å². The standard InChI is InChI=1S/C10H8F2O/c11-10(12)6-9(7-13)8-4-2-1-3-5-8/h1-7,10H/b9-6-. The average molecular weight is 182 g/mol. The number of carbonyl (C=O) groups is 1. The smallest absolute Gasteiger partial charge is 0.258 e. The lowest BCUT2D eigenvalue weighted by Crippen LogP contribution is -1.90. The van der Waals surface area contributed by atoms with Crippen molar-refractivity contribution in [3.8, 4) is 0 Å². The predicted octanol–water partition coefficient (Wildman–Crippen LogP) is 2.53. The fourth-order valence-electron chi connectivity index (χ4n) is 0.970. The third-order valence-electron chi connectivity index (χ3n) is 1.54. The van der Waals surface area contributed by atoms with E-state index in [-0.39, 0.29) is 5.57 Å². The number of alkyl halides is 2. The van der Waals surface area contributed by atoms with E-state index < -0.39 is 6.43 Å². The number of hydrogen-bond acceptors (Lipinski definition) is 1. The maximum atomic E-state index is 11.9. The number of benzene rings is 1. The maximum Gasteiger partial charge on any atom is 0.258 e. The molecule has 0 heterocycles. The number of rotatable bonds is 3. The summed E-state index contributed by atoms with van der Waals surface area (Å²) in [7, 11) is 0. The van der Waals surface area contributed by atoms with E-state index in [0.717, 1.165) is 0 Å². The molecule has 0 bridgehead atoms. The molecule has 0 saturated carbocycles. The van der Waals surface area contributed by atoms with E-state index in [0.29, 0.717) is 17.9 Å². The molecule has 0 unspecified atom stereocenters. The monoisotopic (exact) mass is 182 g/mol. The Morgan fingerprint density at radius 2 is 1.85 bits per heavy atom. The quantitative estimate of drug-likeness (QED) is 0.518. The SMILES string of the molecule is O=C/C(=C/C(F)F)c1ccccc1. The maximum absolute atomic E-state index is 11.9. The summed E-state index contributed by atoms with van der Waals surface area (Å²) in [5.74, 6) is 0. The number of aldehydes is 1. The molecule has 1 aromatic carbocycles. The summed E-state index contributed by atoms with van der Waals surface area (Å²) in [6, 6.07) is 8.37. The number of allylic oxidation sites excluding steroid dienone is 2. The molecule has 0 saturated heterocycles. The molecule has 0 amide bonds. The molecule has 1 nitrogen and oxygen atoms in total. The summed E-state index contributed by atoms with van der Waals surface area (Å²) in [6.45, 7) is 0. The molecule has 68 valence electrons. The van der Waals surface area contributed by atoms with Gasteiger partial charge in [-0.2, -0.15) is 0 Å². The van der Waals surface area contributed by atoms with Gasteiger partial charge in [0.1, 0.15) is 0 Å². The summed E-state index contributed by atoms with van der Waals surface area (Å²) in [6.07, 6.45) is -1.52. The predicted molar refractivity (Wildman–Crippen MR) is 46.5 cm³/mol. The van der Waals surface area contributed by atoms with Gasteiger partial charge in [-0.25, -0.2) is 8.78 Å². The second kappa shape index (κ2) is 4.50. The number of hydrogen-bond donors (Lipinski definition) is 0. The van der Waals surface area contributed by atoms with Crippen LogP contribution in [0.2, 0.25) is 0 Å². The van der Waals surface area contributed by atoms with E-state index in [1.165, 1.54) is 0 Å². The van der Waals surface area contributed by atoms with Crippen LogP contribution in [0.5, 0.6) is 0 Å². The van der Waals surface area contributed by atoms with Crippen LogP contribution in [0.3, 0.4) is 0 Å². The molecule has 0 fully saturated rings. The minimum atomic E-state index is -2.60. The molecule has 1 aromatic rings. The first-order chi connectivity index (χ1) is 6.24. The molecule has 1 rings (SSSR count). The van der Waals surface area contributed by atoms with E-state index in [1.54, 1.807) is 30.3 Å². The molecule has 0 spiro atoms. The summed E-state index contributed by atoms with van der Waals surface area (Å²) >= 11 is 0. The molecule has 0 radical (unpaired) electrons. The summed E-state index contributed by atoms with van der Waals surface area (Å²) in [4.78, 5) is 10.4. The lowest BCUT2D eigenvalue weighted by atomic mass is 10.1. The Balaban J connectivity index is 2.98. The van der Waals surface area contributed by atoms with Gasteiger partial charge in [0.2, 0.25) is 0 Å². The van der Waals surface area contributed by atoms with Crippen LogP contribution in [0.4, 0.5) is 8.78 Å². The highest BCUT2D eigenvalue weighted by Gasteiger charge is 2.03. The molecule has 0 aliphatic rings. The van der Waals surface area contributed by atoms with E-state index >= 15 is 0 Å². The molecule has 0 aromatic heterocycles. The van der Waals surface area contributed by atoms with Gasteiger partial charge in [-0.15, -0.1) is 0 Å². The van der Waals surface area contributed by atoms with Crippen LogP contribution in [0, 0.1) is 0 Å². The highest BCUT2D eigenvalue weighted by molar-refractivity contribution is 6.06. The zero-order valence-corrected chi connectivity index (χ0v) is 6.78. The van der Waals surface area contributed by atoms with E-state index in [4.69, 9.17) is 0 Å². The molecule has 0 atom stereocenters. The van der Waals surface area contributed by atoms with Gasteiger partial charge in [-0.05, 0) is 11.6 Å². The fourth-order valence-corrected chi connectivity index (χ4v) is 0.970. The molecular formula is C10H8F2O. The van der Waals surface area contributed by atoms with Crippen LogP contribution in [-0.4, -0.2) is 12.7 Å². The Bertz CT molecular complexity index is 304. The van der Waals surface area contributed by atoms with Crippen LogP contribution in [0.25, 0.3) is 5.57 Å². The Labute approximate surface area is 74.7 Å². The van der Waals surface area contributed by atoms with Gasteiger partial charge in [0.15, 0.2) is 6.29 Å². The lowest BCUT2D eigenvalue weighted by molar-refractivity contribution is -0.103. The lowest BCUT2D eigenvalue weighted by Gasteiger charge is -1.98. The Morgan fingerprint density at radius 1 is 1.23 bits per heavy atom. The van der Waals surface area contributed by atoms with Crippen molar-refractivity contribution in [3.63, 3.8) is 0 Å². The average Bonchev–Trinajstić information content (AvgIpc) is 2.15. The van der Waals surface area contributed by atoms with Crippen LogP contribution in [0.1, 0.15) is 5.56 Å². The highest BCUT2D eigenvalue weighted by atomic mass is 19.3. The minimum Gasteiger partial charge on any atom is -0.298 e. The molecule has 13 heavy (non-hydrogen) atoms. The number of halogens is 2. The molecule has 0 N–H and O–H groups in total. The van der Waals surface area contributed by atoms with E-state index in [2.05, 4.69) is 0 Å². The summed E-state index contributed by atoms with van der Waals surface area (Å²) < 4.78 is 23.8. The normalized spacial score (nSPS) is 11.8. The number of carbonyl (C=O) groups excluding carboxylic acids is 1. The molecule has 0 aliphatic carbocycles. The van der Waals surface area contributed by atoms with Crippen LogP contribution in [-0.2, 0) is 4.79 Å². The van der Waals surface area contributed by atoms with Crippen molar-refractivity contribution >= 4 is 11.9 Å². The summed E-state index contributed by atoms with van der Waals surface area (Å²) in [5.41, 5.74) is 0.536. The Kier molecular flexibility index (Phi) is 3.31. The molecule has 0 aliphatic heterocycles. The minimum absolute atomic E-state index is 0.0237. The Morgan fingerprint density at radius 3 is 2.31 bits per heavy atom. The zero-order valence-electron chi connectivity index (χ0n) is 6.78. The third kappa shape index (κ3) is 2.78. The zero-order chi connectivity index (χ0) is 9.68. The van der Waals surface area contributed by atoms with E-state index in [9.17, 15) is 13.6 Å². The van der Waals surface area contributed by atoms with Crippen molar-refractivity contribution in [1.82, 2.24) is 0 Å². The van der Waals surface area contributed by atoms with Gasteiger partial charge in [-0.3, -0.25) is 4.79 Å². The van der Waals surface area contributed by atoms with Gasteiger partial charge < -0.3 is 0 Å². The first kappa shape index (κ1) is 9.58. The van der Waals surface area contributed by atoms with Crippen molar-refractivity contribution in [1.29, 1.82) is 0 Å². The summed E-state index contributed by atoms with van der Waals surface area (Å²) in [5, 5.41) is 0. The first-order valence-electron chi connectivity index (χ1n) is 3.74. The topological polar surface area (TPSA) is 17.1 Å². The fraction of sp³-hybridized carbons (Fsp3) is 0.100. The van der Waals surface area contributed by atoms with Gasteiger partial charge >= 0.3 is 0 Å². The van der Waals surface area contributed by atoms with Crippen molar-refractivity contribution < 1.29 is 13.6 Å². The largest absolute Gasteiger partial charge is 0.298 e. The van der Waals surface area contributed by atoms with Gasteiger partial charge in [-0.1, -0.05) is 30.3 Å². The van der Waals surface area contributed by atoms with Crippen molar-refractivity contribution in [2.75, 3.05) is 0 Å². The third-order valence-corrected chi connectivity index (χ3v) is 1.54. The van der Waals surface area contributed by atoms with Crippen LogP contribution < -0.4 is 0 Å². The molecular weight excluding hydrogens is 174 g/mol. The van der Waals surface area contributed by atoms with Gasteiger partial charge in [0, 0.05) is 5.57 Å². The van der Waals surface area contributed by atoms with Crippen molar-refractivity contribution in [3.05, 3.63) is 42.0 Å². The first-order valence-corrected chi connectivity index (χ1v) is 3.74. The van der Waals surface area contributed by atoms with Crippen LogP contribution in [0.15, 0.2) is 36.4 Å². The second-order valence-corrected chi connectivity index (χ2v) is 2.44. The second-order valence-electron chi connectivity index (χ2n) is 2.44. The highest BCUT2D eigenvalue weighted by Crippen LogP contribution is 2.13. The van der Waals surface area contributed by atoms with Crippen molar-refractivity contribution in [2.24, 2.45) is 0 Å². The Hall–Kier alpha value is -1.51. The van der Waals surface area contributed by atoms with Crippen LogP contribution >= 0.6 is 0 Å². The molecule has 3 heteroatoms. The van der Waals surface area contributed by atoms with Crippen molar-refractivity contribution in [2.45, 2.75) is 6.43 Å². The van der Waals surface area contributed by atoms with Gasteiger partial charge in [0.25, 0.3) is 6.43 Å². The van der Waals surface area contributed by atoms with E-state index in [1.807, 2.05) is 0 Å².